The summed E-state index contributed by atoms with van der Waals surface area (Å²) < 4.78 is 5.68. The molecule has 0 atom stereocenters. The van der Waals surface area contributed by atoms with Gasteiger partial charge in [0.15, 0.2) is 0 Å². The second kappa shape index (κ2) is 5.53. The lowest BCUT2D eigenvalue weighted by molar-refractivity contribution is -0.131. The first-order valence-electron chi connectivity index (χ1n) is 7.56. The molecule has 0 saturated carbocycles. The minimum absolute atomic E-state index is 0.169. The van der Waals surface area contributed by atoms with Crippen molar-refractivity contribution < 1.29 is 9.21 Å². The highest BCUT2D eigenvalue weighted by molar-refractivity contribution is 5.89. The summed E-state index contributed by atoms with van der Waals surface area (Å²) >= 11 is 0. The smallest absolute Gasteiger partial charge is 0.227 e. The van der Waals surface area contributed by atoms with E-state index in [0.29, 0.717) is 6.42 Å². The molecule has 1 aromatic carbocycles. The highest BCUT2D eigenvalue weighted by Gasteiger charge is 2.22. The third kappa shape index (κ3) is 2.68. The Morgan fingerprint density at radius 1 is 1.33 bits per heavy atom. The molecule has 1 aliphatic rings. The quantitative estimate of drug-likeness (QED) is 0.923. The molecule has 0 unspecified atom stereocenters. The van der Waals surface area contributed by atoms with Crippen LogP contribution in [0.2, 0.25) is 0 Å². The molecule has 1 aromatic heterocycles. The minimum atomic E-state index is 0.169. The van der Waals surface area contributed by atoms with Gasteiger partial charge in [0, 0.05) is 30.1 Å². The monoisotopic (exact) mass is 286 g/mol. The van der Waals surface area contributed by atoms with Gasteiger partial charge in [-0.25, -0.2) is 0 Å². The Morgan fingerprint density at radius 3 is 2.76 bits per heavy atom. The summed E-state index contributed by atoms with van der Waals surface area (Å²) in [4.78, 5) is 14.3. The summed E-state index contributed by atoms with van der Waals surface area (Å²) in [6.45, 7) is 5.67. The molecule has 4 heteroatoms. The Kier molecular flexibility index (Phi) is 3.72. The number of carbonyl (C=O) groups is 1. The van der Waals surface area contributed by atoms with Gasteiger partial charge in [-0.15, -0.1) is 0 Å². The third-order valence-electron chi connectivity index (χ3n) is 4.58. The first-order valence-corrected chi connectivity index (χ1v) is 7.56. The van der Waals surface area contributed by atoms with Crippen molar-refractivity contribution >= 4 is 16.9 Å². The fourth-order valence-corrected chi connectivity index (χ4v) is 2.95. The zero-order chi connectivity index (χ0) is 15.0. The predicted molar refractivity (Wildman–Crippen MR) is 83.2 cm³/mol. The molecule has 21 heavy (non-hydrogen) atoms. The van der Waals surface area contributed by atoms with E-state index < -0.39 is 0 Å². The molecule has 2 heterocycles. The van der Waals surface area contributed by atoms with Crippen LogP contribution in [0.5, 0.6) is 0 Å². The van der Waals surface area contributed by atoms with Crippen molar-refractivity contribution in [2.24, 2.45) is 5.73 Å². The van der Waals surface area contributed by atoms with Crippen molar-refractivity contribution in [3.05, 3.63) is 35.1 Å². The first-order chi connectivity index (χ1) is 10.1. The van der Waals surface area contributed by atoms with E-state index in [-0.39, 0.29) is 11.9 Å². The molecule has 1 fully saturated rings. The van der Waals surface area contributed by atoms with Crippen LogP contribution in [0.4, 0.5) is 0 Å². The molecule has 0 bridgehead atoms. The summed E-state index contributed by atoms with van der Waals surface area (Å²) in [6.07, 6.45) is 3.93. The summed E-state index contributed by atoms with van der Waals surface area (Å²) in [7, 11) is 0. The maximum atomic E-state index is 12.4. The Hall–Kier alpha value is -1.81. The van der Waals surface area contributed by atoms with Crippen molar-refractivity contribution in [3.8, 4) is 0 Å². The number of fused-ring (bicyclic) bond motifs is 1. The van der Waals surface area contributed by atoms with Crippen LogP contribution in [-0.4, -0.2) is 29.9 Å². The lowest BCUT2D eigenvalue weighted by Gasteiger charge is -2.30. The Morgan fingerprint density at radius 2 is 2.05 bits per heavy atom. The molecular weight excluding hydrogens is 264 g/mol. The highest BCUT2D eigenvalue weighted by Crippen LogP contribution is 2.27. The van der Waals surface area contributed by atoms with Crippen molar-refractivity contribution in [2.45, 2.75) is 39.2 Å². The molecule has 0 spiro atoms. The average molecular weight is 286 g/mol. The van der Waals surface area contributed by atoms with E-state index in [0.717, 1.165) is 48.0 Å². The Bertz CT molecular complexity index is 667. The van der Waals surface area contributed by atoms with Crippen LogP contribution in [0.3, 0.4) is 0 Å². The van der Waals surface area contributed by atoms with Gasteiger partial charge in [0.1, 0.15) is 5.58 Å². The molecular formula is C17H22N2O2. The second-order valence-corrected chi connectivity index (χ2v) is 6.04. The van der Waals surface area contributed by atoms with Gasteiger partial charge in [-0.3, -0.25) is 4.79 Å². The lowest BCUT2D eigenvalue weighted by atomic mass is 10.0. The van der Waals surface area contributed by atoms with E-state index in [1.807, 2.05) is 4.90 Å². The zero-order valence-corrected chi connectivity index (χ0v) is 12.7. The molecule has 4 nitrogen and oxygen atoms in total. The molecule has 2 aromatic rings. The summed E-state index contributed by atoms with van der Waals surface area (Å²) in [6, 6.07) is 4.38. The second-order valence-electron chi connectivity index (χ2n) is 6.04. The number of hydrogen-bond acceptors (Lipinski definition) is 3. The van der Waals surface area contributed by atoms with Crippen LogP contribution in [-0.2, 0) is 11.2 Å². The topological polar surface area (TPSA) is 59.5 Å². The van der Waals surface area contributed by atoms with Crippen LogP contribution in [0, 0.1) is 13.8 Å². The Balaban J connectivity index is 1.79. The maximum Gasteiger partial charge on any atom is 0.227 e. The molecule has 2 N–H and O–H groups in total. The number of furan rings is 1. The van der Waals surface area contributed by atoms with Crippen molar-refractivity contribution in [3.63, 3.8) is 0 Å². The number of benzene rings is 1. The lowest BCUT2D eigenvalue weighted by Crippen LogP contribution is -2.43. The van der Waals surface area contributed by atoms with Gasteiger partial charge in [0.2, 0.25) is 5.91 Å². The molecule has 0 radical (unpaired) electrons. The summed E-state index contributed by atoms with van der Waals surface area (Å²) in [5.41, 5.74) is 10.1. The number of amides is 1. The van der Waals surface area contributed by atoms with Gasteiger partial charge in [0.05, 0.1) is 12.7 Å². The van der Waals surface area contributed by atoms with Crippen LogP contribution < -0.4 is 5.73 Å². The normalized spacial score (nSPS) is 16.6. The number of aryl methyl sites for hydroxylation is 2. The number of rotatable bonds is 2. The molecule has 112 valence electrons. The van der Waals surface area contributed by atoms with Gasteiger partial charge in [-0.05, 0) is 37.8 Å². The van der Waals surface area contributed by atoms with Gasteiger partial charge in [-0.1, -0.05) is 12.1 Å². The molecule has 1 aliphatic heterocycles. The standard InChI is InChI=1S/C17H22N2O2/c1-11-3-4-15-13(10-21-17(15)12(11)2)9-16(20)19-7-5-14(18)6-8-19/h3-4,10,14H,5-9,18H2,1-2H3. The van der Waals surface area contributed by atoms with E-state index in [2.05, 4.69) is 26.0 Å². The van der Waals surface area contributed by atoms with Crippen LogP contribution in [0.25, 0.3) is 11.0 Å². The fraction of sp³-hybridized carbons (Fsp3) is 0.471. The van der Waals surface area contributed by atoms with E-state index in [1.165, 1.54) is 5.56 Å². The largest absolute Gasteiger partial charge is 0.464 e. The summed E-state index contributed by atoms with van der Waals surface area (Å²) in [5.74, 6) is 0.169. The number of likely N-dealkylation sites (tertiary alicyclic amines) is 1. The van der Waals surface area contributed by atoms with Crippen LogP contribution in [0.15, 0.2) is 22.8 Å². The number of hydrogen-bond donors (Lipinski definition) is 1. The van der Waals surface area contributed by atoms with Gasteiger partial charge in [-0.2, -0.15) is 0 Å². The van der Waals surface area contributed by atoms with E-state index in [4.69, 9.17) is 10.2 Å². The molecule has 1 amide bonds. The van der Waals surface area contributed by atoms with Crippen molar-refractivity contribution in [1.82, 2.24) is 4.90 Å². The fourth-order valence-electron chi connectivity index (χ4n) is 2.95. The average Bonchev–Trinajstić information content (AvgIpc) is 2.87. The minimum Gasteiger partial charge on any atom is -0.464 e. The number of nitrogens with zero attached hydrogens (tertiary/aromatic N) is 1. The Labute approximate surface area is 124 Å². The summed E-state index contributed by atoms with van der Waals surface area (Å²) in [5, 5.41) is 1.06. The molecule has 0 aliphatic carbocycles. The van der Waals surface area contributed by atoms with Crippen molar-refractivity contribution in [1.29, 1.82) is 0 Å². The maximum absolute atomic E-state index is 12.4. The van der Waals surface area contributed by atoms with Crippen molar-refractivity contribution in [2.75, 3.05) is 13.1 Å². The van der Waals surface area contributed by atoms with E-state index in [9.17, 15) is 4.79 Å². The third-order valence-corrected chi connectivity index (χ3v) is 4.58. The van der Waals surface area contributed by atoms with E-state index >= 15 is 0 Å². The van der Waals surface area contributed by atoms with Crippen LogP contribution in [0.1, 0.15) is 29.5 Å². The SMILES string of the molecule is Cc1ccc2c(CC(=O)N3CCC(N)CC3)coc2c1C. The van der Waals surface area contributed by atoms with E-state index in [1.54, 1.807) is 6.26 Å². The van der Waals surface area contributed by atoms with Crippen LogP contribution >= 0.6 is 0 Å². The predicted octanol–water partition coefficient (Wildman–Crippen LogP) is 2.54. The van der Waals surface area contributed by atoms with Gasteiger partial charge < -0.3 is 15.1 Å². The first kappa shape index (κ1) is 14.1. The zero-order valence-electron chi connectivity index (χ0n) is 12.7. The van der Waals surface area contributed by atoms with Gasteiger partial charge in [0.25, 0.3) is 0 Å². The number of piperidine rings is 1. The highest BCUT2D eigenvalue weighted by atomic mass is 16.3. The number of nitrogens with two attached hydrogens (primary N) is 1. The molecule has 1 saturated heterocycles. The van der Waals surface area contributed by atoms with Gasteiger partial charge >= 0.3 is 0 Å². The number of carbonyl (C=O) groups excluding carboxylic acids is 1. The molecule has 3 rings (SSSR count).